The van der Waals surface area contributed by atoms with Crippen LogP contribution in [0.15, 0.2) is 48.5 Å². The quantitative estimate of drug-likeness (QED) is 0.714. The molecular weight excluding hydrogens is 390 g/mol. The summed E-state index contributed by atoms with van der Waals surface area (Å²) in [5.74, 6) is 2.05. The maximum atomic E-state index is 13.1. The topological polar surface area (TPSA) is 45.2 Å². The summed E-state index contributed by atoms with van der Waals surface area (Å²) in [5, 5.41) is 0. The van der Waals surface area contributed by atoms with Crippen LogP contribution in [0.1, 0.15) is 18.4 Å². The highest BCUT2D eigenvalue weighted by molar-refractivity contribution is 5.79. The molecule has 0 saturated carbocycles. The molecule has 6 heteroatoms. The van der Waals surface area contributed by atoms with Crippen LogP contribution in [-0.2, 0) is 11.3 Å². The van der Waals surface area contributed by atoms with Gasteiger partial charge in [0.15, 0.2) is 11.5 Å². The molecule has 4 rings (SSSR count). The van der Waals surface area contributed by atoms with Crippen molar-refractivity contribution in [3.63, 3.8) is 0 Å². The molecular formula is C25H33N3O3. The second kappa shape index (κ2) is 10.1. The molecule has 6 nitrogen and oxygen atoms in total. The Hall–Kier alpha value is -2.73. The lowest BCUT2D eigenvalue weighted by molar-refractivity contribution is -0.137. The molecule has 2 aliphatic rings. The number of carbonyl (C=O) groups excluding carboxylic acids is 1. The summed E-state index contributed by atoms with van der Waals surface area (Å²) in [6.07, 6.45) is 1.84. The average Bonchev–Trinajstić information content (AvgIpc) is 2.84. The van der Waals surface area contributed by atoms with Crippen LogP contribution in [-0.4, -0.2) is 69.2 Å². The first-order valence-electron chi connectivity index (χ1n) is 11.2. The number of para-hydroxylation sites is 2. The van der Waals surface area contributed by atoms with Crippen molar-refractivity contribution in [1.82, 2.24) is 9.80 Å². The molecule has 0 bridgehead atoms. The molecule has 0 aromatic heterocycles. The fourth-order valence-corrected chi connectivity index (χ4v) is 4.74. The van der Waals surface area contributed by atoms with E-state index in [1.165, 1.54) is 5.69 Å². The Balaban J connectivity index is 1.27. The zero-order valence-corrected chi connectivity index (χ0v) is 18.6. The maximum Gasteiger partial charge on any atom is 0.225 e. The zero-order chi connectivity index (χ0) is 21.6. The van der Waals surface area contributed by atoms with Gasteiger partial charge in [0.1, 0.15) is 0 Å². The summed E-state index contributed by atoms with van der Waals surface area (Å²) < 4.78 is 11.0. The highest BCUT2D eigenvalue weighted by atomic mass is 16.5. The van der Waals surface area contributed by atoms with E-state index in [1.54, 1.807) is 14.2 Å². The molecule has 2 heterocycles. The Kier molecular flexibility index (Phi) is 6.97. The summed E-state index contributed by atoms with van der Waals surface area (Å²) >= 11 is 0. The molecule has 2 fully saturated rings. The molecule has 166 valence electrons. The molecule has 0 radical (unpaired) electrons. The monoisotopic (exact) mass is 423 g/mol. The van der Waals surface area contributed by atoms with E-state index < -0.39 is 0 Å². The molecule has 2 aromatic rings. The van der Waals surface area contributed by atoms with Gasteiger partial charge in [-0.25, -0.2) is 0 Å². The molecule has 0 unspecified atom stereocenters. The minimum Gasteiger partial charge on any atom is -0.493 e. The van der Waals surface area contributed by atoms with Gasteiger partial charge in [0.2, 0.25) is 5.91 Å². The van der Waals surface area contributed by atoms with Crippen molar-refractivity contribution in [3.8, 4) is 11.5 Å². The van der Waals surface area contributed by atoms with E-state index >= 15 is 0 Å². The van der Waals surface area contributed by atoms with Crippen molar-refractivity contribution in [2.24, 2.45) is 5.92 Å². The summed E-state index contributed by atoms with van der Waals surface area (Å²) in [6, 6.07) is 16.5. The van der Waals surface area contributed by atoms with E-state index in [9.17, 15) is 4.79 Å². The van der Waals surface area contributed by atoms with Gasteiger partial charge in [-0.2, -0.15) is 0 Å². The number of hydrogen-bond donors (Lipinski definition) is 0. The Morgan fingerprint density at radius 2 is 1.58 bits per heavy atom. The third kappa shape index (κ3) is 4.96. The van der Waals surface area contributed by atoms with Gasteiger partial charge in [0.05, 0.1) is 14.2 Å². The highest BCUT2D eigenvalue weighted by Gasteiger charge is 2.30. The van der Waals surface area contributed by atoms with E-state index in [1.807, 2.05) is 18.2 Å². The normalized spacial score (nSPS) is 18.1. The number of piperidine rings is 1. The Morgan fingerprint density at radius 1 is 0.871 bits per heavy atom. The molecule has 31 heavy (non-hydrogen) atoms. The van der Waals surface area contributed by atoms with Crippen molar-refractivity contribution in [2.45, 2.75) is 19.4 Å². The lowest BCUT2D eigenvalue weighted by atomic mass is 9.94. The summed E-state index contributed by atoms with van der Waals surface area (Å²) in [5.41, 5.74) is 2.37. The molecule has 0 atom stereocenters. The van der Waals surface area contributed by atoms with Crippen molar-refractivity contribution in [2.75, 3.05) is 58.4 Å². The Labute approximate surface area is 185 Å². The standard InChI is InChI=1S/C25H33N3O3/c1-30-23-10-6-7-21(24(23)31-2)19-26-13-11-20(12-14-26)25(29)28-17-15-27(16-18-28)22-8-4-3-5-9-22/h3-10,20H,11-19H2,1-2H3. The number of anilines is 1. The number of methoxy groups -OCH3 is 2. The second-order valence-electron chi connectivity index (χ2n) is 8.35. The lowest BCUT2D eigenvalue weighted by Crippen LogP contribution is -2.51. The van der Waals surface area contributed by atoms with Gasteiger partial charge >= 0.3 is 0 Å². The third-order valence-corrected chi connectivity index (χ3v) is 6.53. The Bertz CT molecular complexity index is 858. The van der Waals surface area contributed by atoms with Gasteiger partial charge in [-0.3, -0.25) is 9.69 Å². The number of ether oxygens (including phenoxy) is 2. The number of benzene rings is 2. The van der Waals surface area contributed by atoms with Crippen molar-refractivity contribution >= 4 is 11.6 Å². The number of piperazine rings is 1. The maximum absolute atomic E-state index is 13.1. The second-order valence-corrected chi connectivity index (χ2v) is 8.35. The minimum atomic E-state index is 0.145. The number of nitrogens with zero attached hydrogens (tertiary/aromatic N) is 3. The van der Waals surface area contributed by atoms with Crippen LogP contribution in [0.5, 0.6) is 11.5 Å². The van der Waals surface area contributed by atoms with E-state index in [0.29, 0.717) is 5.91 Å². The van der Waals surface area contributed by atoms with Crippen LogP contribution in [0.4, 0.5) is 5.69 Å². The molecule has 2 aliphatic heterocycles. The van der Waals surface area contributed by atoms with Gasteiger partial charge in [-0.05, 0) is 44.1 Å². The van der Waals surface area contributed by atoms with Crippen molar-refractivity contribution in [3.05, 3.63) is 54.1 Å². The van der Waals surface area contributed by atoms with Crippen molar-refractivity contribution < 1.29 is 14.3 Å². The van der Waals surface area contributed by atoms with Gasteiger partial charge in [-0.15, -0.1) is 0 Å². The molecule has 0 spiro atoms. The molecule has 2 saturated heterocycles. The van der Waals surface area contributed by atoms with E-state index in [0.717, 1.165) is 75.7 Å². The molecule has 0 N–H and O–H groups in total. The fraction of sp³-hybridized carbons (Fsp3) is 0.480. The summed E-state index contributed by atoms with van der Waals surface area (Å²) in [4.78, 5) is 20.0. The minimum absolute atomic E-state index is 0.145. The van der Waals surface area contributed by atoms with Crippen LogP contribution in [0.3, 0.4) is 0 Å². The van der Waals surface area contributed by atoms with Crippen LogP contribution in [0.25, 0.3) is 0 Å². The number of amides is 1. The number of hydrogen-bond acceptors (Lipinski definition) is 5. The SMILES string of the molecule is COc1cccc(CN2CCC(C(=O)N3CCN(c4ccccc4)CC3)CC2)c1OC. The number of rotatable bonds is 6. The van der Waals surface area contributed by atoms with Gasteiger partial charge < -0.3 is 19.3 Å². The first-order valence-corrected chi connectivity index (χ1v) is 11.2. The molecule has 1 amide bonds. The highest BCUT2D eigenvalue weighted by Crippen LogP contribution is 2.32. The first kappa shape index (κ1) is 21.5. The van der Waals surface area contributed by atoms with Crippen LogP contribution in [0.2, 0.25) is 0 Å². The first-order chi connectivity index (χ1) is 15.2. The largest absolute Gasteiger partial charge is 0.493 e. The van der Waals surface area contributed by atoms with Crippen molar-refractivity contribution in [1.29, 1.82) is 0 Å². The predicted molar refractivity (Wildman–Crippen MR) is 123 cm³/mol. The van der Waals surface area contributed by atoms with Gasteiger partial charge in [-0.1, -0.05) is 30.3 Å². The molecule has 0 aliphatic carbocycles. The van der Waals surface area contributed by atoms with Gasteiger partial charge in [0, 0.05) is 49.9 Å². The smallest absolute Gasteiger partial charge is 0.225 e. The zero-order valence-electron chi connectivity index (χ0n) is 18.6. The Morgan fingerprint density at radius 3 is 2.23 bits per heavy atom. The van der Waals surface area contributed by atoms with Crippen LogP contribution < -0.4 is 14.4 Å². The van der Waals surface area contributed by atoms with E-state index in [-0.39, 0.29) is 5.92 Å². The molecule has 2 aromatic carbocycles. The third-order valence-electron chi connectivity index (χ3n) is 6.53. The summed E-state index contributed by atoms with van der Waals surface area (Å²) in [7, 11) is 3.35. The van der Waals surface area contributed by atoms with Crippen LogP contribution >= 0.6 is 0 Å². The fourth-order valence-electron chi connectivity index (χ4n) is 4.74. The van der Waals surface area contributed by atoms with E-state index in [2.05, 4.69) is 45.0 Å². The summed E-state index contributed by atoms with van der Waals surface area (Å²) in [6.45, 7) is 6.12. The number of carbonyl (C=O) groups is 1. The van der Waals surface area contributed by atoms with Crippen LogP contribution in [0, 0.1) is 5.92 Å². The lowest BCUT2D eigenvalue weighted by Gasteiger charge is -2.39. The van der Waals surface area contributed by atoms with Gasteiger partial charge in [0.25, 0.3) is 0 Å². The number of likely N-dealkylation sites (tertiary alicyclic amines) is 1. The van der Waals surface area contributed by atoms with E-state index in [4.69, 9.17) is 9.47 Å². The predicted octanol–water partition coefficient (Wildman–Crippen LogP) is 3.26. The average molecular weight is 424 g/mol.